The second-order valence-corrected chi connectivity index (χ2v) is 4.25. The van der Waals surface area contributed by atoms with Crippen molar-refractivity contribution in [1.82, 2.24) is 14.8 Å². The average molecular weight is 257 g/mol. The van der Waals surface area contributed by atoms with Gasteiger partial charge in [0, 0.05) is 18.3 Å². The first kappa shape index (κ1) is 11.5. The predicted molar refractivity (Wildman–Crippen MR) is 67.6 cm³/mol. The van der Waals surface area contributed by atoms with Gasteiger partial charge in [0.2, 0.25) is 0 Å². The monoisotopic (exact) mass is 257 g/mol. The molecule has 0 atom stereocenters. The minimum Gasteiger partial charge on any atom is -0.481 e. The maximum atomic E-state index is 10.7. The standard InChI is InChI=1S/C13H11N3O3/c1-16-9(6-13(17)18)5-11(15-16)8-2-3-10-12(4-8)19-7-14-10/h2-5,7H,6H2,1H3,(H,17,18). The van der Waals surface area contributed by atoms with Gasteiger partial charge in [-0.2, -0.15) is 5.10 Å². The molecule has 96 valence electrons. The third-order valence-electron chi connectivity index (χ3n) is 2.94. The molecule has 1 aromatic carbocycles. The number of benzene rings is 1. The van der Waals surface area contributed by atoms with Gasteiger partial charge in [0.25, 0.3) is 0 Å². The fraction of sp³-hybridized carbons (Fsp3) is 0.154. The maximum absolute atomic E-state index is 10.7. The van der Waals surface area contributed by atoms with E-state index in [9.17, 15) is 4.79 Å². The lowest BCUT2D eigenvalue weighted by molar-refractivity contribution is -0.136. The molecule has 0 saturated carbocycles. The van der Waals surface area contributed by atoms with Crippen LogP contribution >= 0.6 is 0 Å². The zero-order chi connectivity index (χ0) is 13.4. The summed E-state index contributed by atoms with van der Waals surface area (Å²) in [6.07, 6.45) is 1.34. The summed E-state index contributed by atoms with van der Waals surface area (Å²) in [6.45, 7) is 0. The number of rotatable bonds is 3. The van der Waals surface area contributed by atoms with Crippen molar-refractivity contribution in [3.63, 3.8) is 0 Å². The number of carboxylic acid groups (broad SMARTS) is 1. The van der Waals surface area contributed by atoms with Crippen molar-refractivity contribution in [2.45, 2.75) is 6.42 Å². The number of aryl methyl sites for hydroxylation is 1. The van der Waals surface area contributed by atoms with Crippen LogP contribution in [-0.2, 0) is 18.3 Å². The van der Waals surface area contributed by atoms with E-state index in [4.69, 9.17) is 9.52 Å². The second-order valence-electron chi connectivity index (χ2n) is 4.25. The Bertz CT molecular complexity index is 757. The number of oxazole rings is 1. The molecule has 1 N–H and O–H groups in total. The van der Waals surface area contributed by atoms with Crippen LogP contribution in [-0.4, -0.2) is 25.8 Å². The summed E-state index contributed by atoms with van der Waals surface area (Å²) in [5.41, 5.74) is 3.71. The van der Waals surface area contributed by atoms with Crippen LogP contribution < -0.4 is 0 Å². The van der Waals surface area contributed by atoms with Crippen molar-refractivity contribution in [2.24, 2.45) is 7.05 Å². The Morgan fingerprint density at radius 3 is 3.05 bits per heavy atom. The smallest absolute Gasteiger partial charge is 0.309 e. The first-order valence-electron chi connectivity index (χ1n) is 5.72. The van der Waals surface area contributed by atoms with Gasteiger partial charge < -0.3 is 9.52 Å². The summed E-state index contributed by atoms with van der Waals surface area (Å²) in [7, 11) is 1.73. The molecular formula is C13H11N3O3. The molecule has 3 aromatic rings. The molecule has 2 heterocycles. The molecule has 0 aliphatic rings. The van der Waals surface area contributed by atoms with Gasteiger partial charge in [-0.15, -0.1) is 0 Å². The van der Waals surface area contributed by atoms with Gasteiger partial charge in [-0.1, -0.05) is 6.07 Å². The van der Waals surface area contributed by atoms with Gasteiger partial charge in [-0.05, 0) is 18.2 Å². The first-order chi connectivity index (χ1) is 9.13. The number of hydrogen-bond donors (Lipinski definition) is 1. The Labute approximate surface area is 108 Å². The van der Waals surface area contributed by atoms with E-state index in [0.717, 1.165) is 16.8 Å². The molecule has 0 spiro atoms. The van der Waals surface area contributed by atoms with Gasteiger partial charge in [0.1, 0.15) is 5.52 Å². The first-order valence-corrected chi connectivity index (χ1v) is 5.72. The normalized spacial score (nSPS) is 11.0. The molecule has 0 aliphatic carbocycles. The molecule has 0 radical (unpaired) electrons. The summed E-state index contributed by atoms with van der Waals surface area (Å²) < 4.78 is 6.82. The van der Waals surface area contributed by atoms with Gasteiger partial charge in [-0.3, -0.25) is 9.48 Å². The summed E-state index contributed by atoms with van der Waals surface area (Å²) in [6, 6.07) is 7.35. The van der Waals surface area contributed by atoms with Crippen molar-refractivity contribution in [1.29, 1.82) is 0 Å². The van der Waals surface area contributed by atoms with E-state index in [0.29, 0.717) is 11.3 Å². The quantitative estimate of drug-likeness (QED) is 0.774. The van der Waals surface area contributed by atoms with E-state index >= 15 is 0 Å². The molecule has 0 amide bonds. The zero-order valence-electron chi connectivity index (χ0n) is 10.2. The van der Waals surface area contributed by atoms with Crippen LogP contribution in [0.5, 0.6) is 0 Å². The average Bonchev–Trinajstić information content (AvgIpc) is 2.95. The lowest BCUT2D eigenvalue weighted by Gasteiger charge is -1.95. The third kappa shape index (κ3) is 2.08. The van der Waals surface area contributed by atoms with Crippen molar-refractivity contribution in [3.8, 4) is 11.3 Å². The molecule has 0 bridgehead atoms. The molecule has 19 heavy (non-hydrogen) atoms. The maximum Gasteiger partial charge on any atom is 0.309 e. The number of nitrogens with zero attached hydrogens (tertiary/aromatic N) is 3. The zero-order valence-corrected chi connectivity index (χ0v) is 10.2. The minimum atomic E-state index is -0.875. The highest BCUT2D eigenvalue weighted by Gasteiger charge is 2.11. The third-order valence-corrected chi connectivity index (χ3v) is 2.94. The van der Waals surface area contributed by atoms with E-state index in [2.05, 4.69) is 10.1 Å². The Morgan fingerprint density at radius 2 is 2.26 bits per heavy atom. The van der Waals surface area contributed by atoms with E-state index in [-0.39, 0.29) is 6.42 Å². The van der Waals surface area contributed by atoms with E-state index < -0.39 is 5.97 Å². The second kappa shape index (κ2) is 4.24. The Morgan fingerprint density at radius 1 is 1.42 bits per heavy atom. The predicted octanol–water partition coefficient (Wildman–Crippen LogP) is 1.86. The van der Waals surface area contributed by atoms with Crippen molar-refractivity contribution in [3.05, 3.63) is 36.4 Å². The fourth-order valence-electron chi connectivity index (χ4n) is 1.98. The topological polar surface area (TPSA) is 81.2 Å². The largest absolute Gasteiger partial charge is 0.481 e. The number of carboxylic acids is 1. The highest BCUT2D eigenvalue weighted by Crippen LogP contribution is 2.23. The molecule has 0 unspecified atom stereocenters. The van der Waals surface area contributed by atoms with E-state index in [1.165, 1.54) is 6.39 Å². The van der Waals surface area contributed by atoms with Crippen LogP contribution in [0.1, 0.15) is 5.69 Å². The van der Waals surface area contributed by atoms with Gasteiger partial charge in [0.15, 0.2) is 12.0 Å². The van der Waals surface area contributed by atoms with Crippen LogP contribution in [0, 0.1) is 0 Å². The highest BCUT2D eigenvalue weighted by molar-refractivity contribution is 5.79. The van der Waals surface area contributed by atoms with Crippen LogP contribution in [0.2, 0.25) is 0 Å². The van der Waals surface area contributed by atoms with Crippen molar-refractivity contribution >= 4 is 17.1 Å². The van der Waals surface area contributed by atoms with Crippen molar-refractivity contribution < 1.29 is 14.3 Å². The fourth-order valence-corrected chi connectivity index (χ4v) is 1.98. The Hall–Kier alpha value is -2.63. The molecule has 0 aliphatic heterocycles. The minimum absolute atomic E-state index is 0.0476. The summed E-state index contributed by atoms with van der Waals surface area (Å²) in [4.78, 5) is 14.8. The molecule has 6 nitrogen and oxygen atoms in total. The number of aromatic nitrogens is 3. The highest BCUT2D eigenvalue weighted by atomic mass is 16.4. The van der Waals surface area contributed by atoms with Crippen molar-refractivity contribution in [2.75, 3.05) is 0 Å². The molecule has 2 aromatic heterocycles. The lowest BCUT2D eigenvalue weighted by atomic mass is 10.1. The Kier molecular flexibility index (Phi) is 2.56. The van der Waals surface area contributed by atoms with Gasteiger partial charge in [0.05, 0.1) is 12.1 Å². The Balaban J connectivity index is 2.03. The lowest BCUT2D eigenvalue weighted by Crippen LogP contribution is -2.05. The van der Waals surface area contributed by atoms with Crippen LogP contribution in [0.4, 0.5) is 0 Å². The molecular weight excluding hydrogens is 246 g/mol. The van der Waals surface area contributed by atoms with Gasteiger partial charge in [-0.25, -0.2) is 4.98 Å². The number of fused-ring (bicyclic) bond motifs is 1. The van der Waals surface area contributed by atoms with E-state index in [1.54, 1.807) is 17.8 Å². The van der Waals surface area contributed by atoms with Crippen LogP contribution in [0.25, 0.3) is 22.4 Å². The van der Waals surface area contributed by atoms with Gasteiger partial charge >= 0.3 is 5.97 Å². The number of carbonyl (C=O) groups is 1. The SMILES string of the molecule is Cn1nc(-c2ccc3ncoc3c2)cc1CC(=O)O. The summed E-state index contributed by atoms with van der Waals surface area (Å²) in [5, 5.41) is 13.1. The van der Waals surface area contributed by atoms with E-state index in [1.807, 2.05) is 18.2 Å². The summed E-state index contributed by atoms with van der Waals surface area (Å²) in [5.74, 6) is -0.875. The molecule has 0 saturated heterocycles. The molecule has 6 heteroatoms. The molecule has 0 fully saturated rings. The van der Waals surface area contributed by atoms with Crippen LogP contribution in [0.3, 0.4) is 0 Å². The number of aliphatic carboxylic acids is 1. The van der Waals surface area contributed by atoms with Crippen LogP contribution in [0.15, 0.2) is 35.1 Å². The summed E-state index contributed by atoms with van der Waals surface area (Å²) >= 11 is 0. The number of hydrogen-bond acceptors (Lipinski definition) is 4. The molecule has 3 rings (SSSR count).